The van der Waals surface area contributed by atoms with Gasteiger partial charge in [-0.3, -0.25) is 9.89 Å². The Bertz CT molecular complexity index is 1120. The minimum atomic E-state index is -0.306. The molecule has 0 saturated heterocycles. The van der Waals surface area contributed by atoms with Gasteiger partial charge in [-0.25, -0.2) is 9.97 Å². The third-order valence-electron chi connectivity index (χ3n) is 3.52. The second-order valence-electron chi connectivity index (χ2n) is 5.26. The molecule has 0 amide bonds. The van der Waals surface area contributed by atoms with Crippen LogP contribution in [0.3, 0.4) is 0 Å². The topological polar surface area (TPSA) is 88.3 Å². The van der Waals surface area contributed by atoms with E-state index in [0.717, 1.165) is 11.3 Å². The van der Waals surface area contributed by atoms with Crippen molar-refractivity contribution in [2.45, 2.75) is 6.92 Å². The molecule has 1 aromatic carbocycles. The van der Waals surface area contributed by atoms with E-state index >= 15 is 0 Å². The first-order chi connectivity index (χ1) is 12.6. The molecule has 1 N–H and O–H groups in total. The Balaban J connectivity index is 1.68. The number of hydrogen-bond donors (Lipinski definition) is 1. The van der Waals surface area contributed by atoms with Crippen molar-refractivity contribution >= 4 is 45.1 Å². The Labute approximate surface area is 160 Å². The van der Waals surface area contributed by atoms with E-state index in [0.29, 0.717) is 21.0 Å². The summed E-state index contributed by atoms with van der Waals surface area (Å²) in [6, 6.07) is 7.38. The average molecular weight is 403 g/mol. The van der Waals surface area contributed by atoms with Crippen molar-refractivity contribution in [1.82, 2.24) is 19.7 Å². The predicted octanol–water partition coefficient (Wildman–Crippen LogP) is 5.12. The summed E-state index contributed by atoms with van der Waals surface area (Å²) < 4.78 is 1.37. The fraction of sp³-hybridized carbons (Fsp3) is 0.0625. The van der Waals surface area contributed by atoms with Crippen LogP contribution in [0.5, 0.6) is 0 Å². The number of halogens is 1. The molecule has 3 aromatic heterocycles. The fourth-order valence-corrected chi connectivity index (χ4v) is 3.64. The number of thiazole rings is 2. The highest BCUT2D eigenvalue weighted by Crippen LogP contribution is 2.26. The van der Waals surface area contributed by atoms with Crippen molar-refractivity contribution in [2.24, 2.45) is 10.2 Å². The van der Waals surface area contributed by atoms with Gasteiger partial charge in [-0.2, -0.15) is 4.68 Å². The highest BCUT2D eigenvalue weighted by Gasteiger charge is 2.15. The van der Waals surface area contributed by atoms with E-state index in [1.54, 1.807) is 30.6 Å². The molecule has 130 valence electrons. The third-order valence-corrected chi connectivity index (χ3v) is 5.25. The average Bonchev–Trinajstić information content (AvgIpc) is 3.36. The number of aryl methyl sites for hydroxylation is 1. The number of rotatable bonds is 4. The van der Waals surface area contributed by atoms with Gasteiger partial charge in [0.2, 0.25) is 10.3 Å². The van der Waals surface area contributed by atoms with Crippen molar-refractivity contribution in [3.05, 3.63) is 62.3 Å². The first-order valence-electron chi connectivity index (χ1n) is 7.46. The Hall–Kier alpha value is -2.62. The summed E-state index contributed by atoms with van der Waals surface area (Å²) in [5.41, 5.74) is 2.24. The number of hydrogen-bond acceptors (Lipinski definition) is 7. The van der Waals surface area contributed by atoms with Crippen molar-refractivity contribution in [1.29, 1.82) is 0 Å². The number of H-pyrrole nitrogens is 1. The lowest BCUT2D eigenvalue weighted by molar-refractivity contribution is 0.827. The standard InChI is InChI=1S/C16H11ClN6OS2/c1-9-13(20-21-15-18-6-7-25-15)14(24)23(22-9)16-19-12(8-26-16)10-2-4-11(17)5-3-10/h2-8,22H,1H3. The lowest BCUT2D eigenvalue weighted by atomic mass is 10.2. The maximum absolute atomic E-state index is 12.7. The van der Waals surface area contributed by atoms with Crippen LogP contribution in [-0.4, -0.2) is 19.7 Å². The SMILES string of the molecule is Cc1[nH]n(-c2nc(-c3ccc(Cl)cc3)cs2)c(=O)c1N=Nc1nccs1. The monoisotopic (exact) mass is 402 g/mol. The van der Waals surface area contributed by atoms with E-state index in [1.807, 2.05) is 17.5 Å². The predicted molar refractivity (Wildman–Crippen MR) is 104 cm³/mol. The summed E-state index contributed by atoms with van der Waals surface area (Å²) >= 11 is 8.62. The zero-order valence-corrected chi connectivity index (χ0v) is 15.8. The van der Waals surface area contributed by atoms with Gasteiger partial charge in [0.05, 0.1) is 11.4 Å². The summed E-state index contributed by atoms with van der Waals surface area (Å²) in [6.07, 6.45) is 1.63. The van der Waals surface area contributed by atoms with Crippen LogP contribution < -0.4 is 5.56 Å². The molecule has 0 saturated carbocycles. The summed E-state index contributed by atoms with van der Waals surface area (Å²) in [5, 5.41) is 16.4. The molecule has 26 heavy (non-hydrogen) atoms. The first kappa shape index (κ1) is 16.8. The van der Waals surface area contributed by atoms with Crippen LogP contribution in [0.4, 0.5) is 10.8 Å². The van der Waals surface area contributed by atoms with E-state index in [1.165, 1.54) is 27.4 Å². The normalized spacial score (nSPS) is 11.5. The number of nitrogens with one attached hydrogen (secondary N) is 1. The Kier molecular flexibility index (Phi) is 4.49. The molecule has 3 heterocycles. The zero-order chi connectivity index (χ0) is 18.1. The molecular formula is C16H11ClN6OS2. The summed E-state index contributed by atoms with van der Waals surface area (Å²) in [6.45, 7) is 1.77. The minimum Gasteiger partial charge on any atom is -0.291 e. The maximum Gasteiger partial charge on any atom is 0.301 e. The molecule has 10 heteroatoms. The van der Waals surface area contributed by atoms with Crippen LogP contribution in [0.15, 0.2) is 56.2 Å². The number of benzene rings is 1. The van der Waals surface area contributed by atoms with Gasteiger partial charge in [-0.05, 0) is 19.1 Å². The smallest absolute Gasteiger partial charge is 0.291 e. The van der Waals surface area contributed by atoms with Gasteiger partial charge in [0, 0.05) is 27.5 Å². The number of aromatic nitrogens is 4. The molecule has 0 atom stereocenters. The van der Waals surface area contributed by atoms with E-state index in [-0.39, 0.29) is 11.2 Å². The molecule has 0 spiro atoms. The first-order valence-corrected chi connectivity index (χ1v) is 9.60. The molecule has 0 aliphatic rings. The van der Waals surface area contributed by atoms with Crippen LogP contribution in [0.25, 0.3) is 16.4 Å². The van der Waals surface area contributed by atoms with Crippen LogP contribution in [0, 0.1) is 6.92 Å². The molecule has 4 aromatic rings. The Morgan fingerprint density at radius 3 is 2.73 bits per heavy atom. The molecule has 0 bridgehead atoms. The van der Waals surface area contributed by atoms with E-state index in [9.17, 15) is 4.79 Å². The highest BCUT2D eigenvalue weighted by molar-refractivity contribution is 7.13. The molecule has 0 fully saturated rings. The van der Waals surface area contributed by atoms with Gasteiger partial charge in [0.1, 0.15) is 0 Å². The minimum absolute atomic E-state index is 0.239. The summed E-state index contributed by atoms with van der Waals surface area (Å²) in [5.74, 6) is 0. The van der Waals surface area contributed by atoms with Gasteiger partial charge in [-0.15, -0.1) is 32.9 Å². The molecule has 0 aliphatic heterocycles. The molecule has 4 rings (SSSR count). The Morgan fingerprint density at radius 1 is 1.19 bits per heavy atom. The van der Waals surface area contributed by atoms with Gasteiger partial charge in [-0.1, -0.05) is 23.7 Å². The molecular weight excluding hydrogens is 392 g/mol. The van der Waals surface area contributed by atoms with Gasteiger partial charge in [0.15, 0.2) is 5.69 Å². The Morgan fingerprint density at radius 2 is 2.00 bits per heavy atom. The van der Waals surface area contributed by atoms with Crippen molar-refractivity contribution in [3.63, 3.8) is 0 Å². The fourth-order valence-electron chi connectivity index (χ4n) is 2.27. The van der Waals surface area contributed by atoms with Crippen LogP contribution in [-0.2, 0) is 0 Å². The molecule has 7 nitrogen and oxygen atoms in total. The molecule has 0 radical (unpaired) electrons. The third kappa shape index (κ3) is 3.24. The molecule has 0 aliphatic carbocycles. The van der Waals surface area contributed by atoms with E-state index in [4.69, 9.17) is 11.6 Å². The highest BCUT2D eigenvalue weighted by atomic mass is 35.5. The maximum atomic E-state index is 12.7. The lowest BCUT2D eigenvalue weighted by Crippen LogP contribution is -2.13. The second-order valence-corrected chi connectivity index (χ2v) is 7.41. The van der Waals surface area contributed by atoms with E-state index in [2.05, 4.69) is 25.3 Å². The van der Waals surface area contributed by atoms with E-state index < -0.39 is 0 Å². The van der Waals surface area contributed by atoms with Crippen molar-refractivity contribution in [3.8, 4) is 16.4 Å². The summed E-state index contributed by atoms with van der Waals surface area (Å²) in [7, 11) is 0. The van der Waals surface area contributed by atoms with Gasteiger partial charge >= 0.3 is 5.56 Å². The lowest BCUT2D eigenvalue weighted by Gasteiger charge is -1.97. The number of azo groups is 1. The van der Waals surface area contributed by atoms with Crippen molar-refractivity contribution < 1.29 is 0 Å². The van der Waals surface area contributed by atoms with Crippen LogP contribution >= 0.6 is 34.3 Å². The second kappa shape index (κ2) is 6.94. The summed E-state index contributed by atoms with van der Waals surface area (Å²) in [4.78, 5) is 21.2. The van der Waals surface area contributed by atoms with Crippen LogP contribution in [0.1, 0.15) is 5.69 Å². The number of nitrogens with zero attached hydrogens (tertiary/aromatic N) is 5. The zero-order valence-electron chi connectivity index (χ0n) is 13.4. The quantitative estimate of drug-likeness (QED) is 0.480. The largest absolute Gasteiger partial charge is 0.301 e. The van der Waals surface area contributed by atoms with Gasteiger partial charge in [0.25, 0.3) is 0 Å². The number of aromatic amines is 1. The van der Waals surface area contributed by atoms with Crippen LogP contribution in [0.2, 0.25) is 5.02 Å². The van der Waals surface area contributed by atoms with Gasteiger partial charge < -0.3 is 0 Å². The van der Waals surface area contributed by atoms with Crippen molar-refractivity contribution in [2.75, 3.05) is 0 Å². The molecule has 0 unspecified atom stereocenters.